The molecule has 0 aromatic heterocycles. The van der Waals surface area contributed by atoms with Crippen LogP contribution in [0.4, 0.5) is 19.3 Å². The average molecular weight is 399 g/mol. The van der Waals surface area contributed by atoms with E-state index in [1.165, 1.54) is 12.1 Å². The summed E-state index contributed by atoms with van der Waals surface area (Å²) < 4.78 is 27.1. The number of carbonyl (C=O) groups excluding carboxylic acids is 1. The van der Waals surface area contributed by atoms with E-state index in [9.17, 15) is 18.7 Å². The molecule has 4 rings (SSSR count). The Kier molecular flexibility index (Phi) is 5.38. The molecule has 152 valence electrons. The molecule has 2 aliphatic heterocycles. The van der Waals surface area contributed by atoms with Crippen molar-refractivity contribution in [1.29, 1.82) is 0 Å². The zero-order valence-corrected chi connectivity index (χ0v) is 15.9. The van der Waals surface area contributed by atoms with Crippen LogP contribution in [0.5, 0.6) is 5.75 Å². The third-order valence-corrected chi connectivity index (χ3v) is 5.50. The number of phenolic OH excluding ortho intramolecular Hbond substituents is 1. The zero-order chi connectivity index (χ0) is 20.4. The van der Waals surface area contributed by atoms with Gasteiger partial charge in [0, 0.05) is 38.3 Å². The van der Waals surface area contributed by atoms with E-state index >= 15 is 0 Å². The molecular weight excluding hydrogens is 376 g/mol. The lowest BCUT2D eigenvalue weighted by Crippen LogP contribution is -2.47. The summed E-state index contributed by atoms with van der Waals surface area (Å²) in [4.78, 5) is 16.2. The Morgan fingerprint density at radius 1 is 1.10 bits per heavy atom. The van der Waals surface area contributed by atoms with Gasteiger partial charge in [0.05, 0.1) is 5.69 Å². The van der Waals surface area contributed by atoms with Crippen LogP contribution < -0.4 is 10.2 Å². The first kappa shape index (κ1) is 19.2. The van der Waals surface area contributed by atoms with Gasteiger partial charge < -0.3 is 20.2 Å². The summed E-state index contributed by atoms with van der Waals surface area (Å²) >= 11 is 0. The van der Waals surface area contributed by atoms with Gasteiger partial charge in [0.15, 0.2) is 0 Å². The Labute approximate surface area is 168 Å². The Bertz CT molecular complexity index is 930. The molecule has 0 bridgehead atoms. The summed E-state index contributed by atoms with van der Waals surface area (Å²) in [7, 11) is 0. The van der Waals surface area contributed by atoms with Gasteiger partial charge in [0.2, 0.25) is 0 Å². The van der Waals surface area contributed by atoms with Crippen molar-refractivity contribution in [1.82, 2.24) is 10.2 Å². The summed E-state index contributed by atoms with van der Waals surface area (Å²) in [6, 6.07) is 10.4. The van der Waals surface area contributed by atoms with Crippen LogP contribution in [0, 0.1) is 11.6 Å². The molecule has 1 saturated heterocycles. The second kappa shape index (κ2) is 8.11. The number of carbonyl (C=O) groups is 1. The van der Waals surface area contributed by atoms with Gasteiger partial charge in [0.25, 0.3) is 0 Å². The number of rotatable bonds is 3. The van der Waals surface area contributed by atoms with Crippen molar-refractivity contribution in [2.75, 3.05) is 31.1 Å². The minimum atomic E-state index is -0.597. The molecule has 0 aliphatic carbocycles. The van der Waals surface area contributed by atoms with Crippen molar-refractivity contribution in [2.24, 2.45) is 0 Å². The molecule has 2 aromatic rings. The average Bonchev–Trinajstić information content (AvgIpc) is 3.17. The number of halogens is 2. The highest BCUT2D eigenvalue weighted by Gasteiger charge is 2.28. The third kappa shape index (κ3) is 4.34. The number of anilines is 1. The van der Waals surface area contributed by atoms with Crippen molar-refractivity contribution in [3.63, 3.8) is 0 Å². The van der Waals surface area contributed by atoms with Crippen molar-refractivity contribution >= 4 is 17.3 Å². The molecule has 29 heavy (non-hydrogen) atoms. The quantitative estimate of drug-likeness (QED) is 0.827. The van der Waals surface area contributed by atoms with Crippen molar-refractivity contribution in [3.8, 4) is 5.75 Å². The van der Waals surface area contributed by atoms with Gasteiger partial charge in [-0.25, -0.2) is 13.6 Å². The predicted octanol–water partition coefficient (Wildman–Crippen LogP) is 3.75. The number of aromatic hydroxyl groups is 1. The number of urea groups is 1. The molecule has 1 atom stereocenters. The van der Waals surface area contributed by atoms with Crippen LogP contribution in [-0.2, 0) is 0 Å². The van der Waals surface area contributed by atoms with Crippen LogP contribution in [0.1, 0.15) is 18.4 Å². The fraction of sp³-hybridized carbons (Fsp3) is 0.318. The van der Waals surface area contributed by atoms with Gasteiger partial charge in [-0.1, -0.05) is 18.2 Å². The van der Waals surface area contributed by atoms with Crippen LogP contribution in [0.25, 0.3) is 5.57 Å². The topological polar surface area (TPSA) is 55.8 Å². The van der Waals surface area contributed by atoms with Gasteiger partial charge in [0.1, 0.15) is 17.4 Å². The smallest absolute Gasteiger partial charge is 0.317 e. The molecule has 2 aromatic carbocycles. The van der Waals surface area contributed by atoms with Gasteiger partial charge in [-0.05, 0) is 48.2 Å². The molecule has 1 unspecified atom stereocenters. The Balaban J connectivity index is 1.32. The predicted molar refractivity (Wildman–Crippen MR) is 108 cm³/mol. The SMILES string of the molecule is O=C(NC1CCN(c2ccc(F)cc2F)C1)N1CC=C(c2ccc(O)cc2)CC1. The molecule has 7 heteroatoms. The Morgan fingerprint density at radius 2 is 1.90 bits per heavy atom. The molecule has 0 spiro atoms. The molecule has 2 amide bonds. The van der Waals surface area contributed by atoms with E-state index < -0.39 is 11.6 Å². The van der Waals surface area contributed by atoms with Gasteiger partial charge in [-0.15, -0.1) is 0 Å². The van der Waals surface area contributed by atoms with E-state index in [1.54, 1.807) is 17.0 Å². The van der Waals surface area contributed by atoms with Crippen LogP contribution in [0.3, 0.4) is 0 Å². The van der Waals surface area contributed by atoms with E-state index in [0.717, 1.165) is 23.6 Å². The molecule has 2 N–H and O–H groups in total. The summed E-state index contributed by atoms with van der Waals surface area (Å²) in [6.45, 7) is 2.24. The normalized spacial score (nSPS) is 19.2. The maximum absolute atomic E-state index is 14.0. The standard InChI is InChI=1S/C22H23F2N3O2/c23-17-3-6-21(20(24)13-17)27-12-9-18(14-27)25-22(29)26-10-7-16(8-11-26)15-1-4-19(28)5-2-15/h1-7,13,18,28H,8-12,14H2,(H,25,29). The first-order chi connectivity index (χ1) is 14.0. The van der Waals surface area contributed by atoms with Gasteiger partial charge >= 0.3 is 6.03 Å². The van der Waals surface area contributed by atoms with Crippen LogP contribution >= 0.6 is 0 Å². The molecule has 2 heterocycles. The first-order valence-electron chi connectivity index (χ1n) is 9.73. The minimum absolute atomic E-state index is 0.0746. The highest BCUT2D eigenvalue weighted by Crippen LogP contribution is 2.26. The molecular formula is C22H23F2N3O2. The molecule has 1 fully saturated rings. The molecule has 0 radical (unpaired) electrons. The van der Waals surface area contributed by atoms with Crippen molar-refractivity contribution < 1.29 is 18.7 Å². The summed E-state index contributed by atoms with van der Waals surface area (Å²) in [5.41, 5.74) is 2.58. The van der Waals surface area contributed by atoms with Crippen LogP contribution in [0.15, 0.2) is 48.5 Å². The van der Waals surface area contributed by atoms with Gasteiger partial charge in [-0.2, -0.15) is 0 Å². The monoisotopic (exact) mass is 399 g/mol. The van der Waals surface area contributed by atoms with E-state index in [1.807, 2.05) is 23.1 Å². The van der Waals surface area contributed by atoms with Crippen molar-refractivity contribution in [3.05, 3.63) is 65.7 Å². The number of hydrogen-bond donors (Lipinski definition) is 2. The third-order valence-electron chi connectivity index (χ3n) is 5.50. The van der Waals surface area contributed by atoms with E-state index in [-0.39, 0.29) is 17.8 Å². The maximum atomic E-state index is 14.0. The number of hydrogen-bond acceptors (Lipinski definition) is 3. The van der Waals surface area contributed by atoms with Crippen molar-refractivity contribution in [2.45, 2.75) is 18.9 Å². The lowest BCUT2D eigenvalue weighted by atomic mass is 9.99. The summed E-state index contributed by atoms with van der Waals surface area (Å²) in [5.74, 6) is -0.947. The minimum Gasteiger partial charge on any atom is -0.508 e. The fourth-order valence-corrected chi connectivity index (χ4v) is 3.89. The molecule has 5 nitrogen and oxygen atoms in total. The maximum Gasteiger partial charge on any atom is 0.317 e. The van der Waals surface area contributed by atoms with E-state index in [0.29, 0.717) is 38.3 Å². The number of nitrogens with zero attached hydrogens (tertiary/aromatic N) is 2. The van der Waals surface area contributed by atoms with Crippen LogP contribution in [0.2, 0.25) is 0 Å². The van der Waals surface area contributed by atoms with E-state index in [4.69, 9.17) is 0 Å². The Hall–Kier alpha value is -3.09. The summed E-state index contributed by atoms with van der Waals surface area (Å²) in [6.07, 6.45) is 3.49. The second-order valence-corrected chi connectivity index (χ2v) is 7.45. The lowest BCUT2D eigenvalue weighted by Gasteiger charge is -2.28. The highest BCUT2D eigenvalue weighted by molar-refractivity contribution is 5.77. The van der Waals surface area contributed by atoms with Gasteiger partial charge in [-0.3, -0.25) is 0 Å². The lowest BCUT2D eigenvalue weighted by molar-refractivity contribution is 0.199. The molecule has 0 saturated carbocycles. The van der Waals surface area contributed by atoms with Crippen LogP contribution in [-0.4, -0.2) is 48.3 Å². The molecule has 2 aliphatic rings. The largest absolute Gasteiger partial charge is 0.508 e. The number of amides is 2. The second-order valence-electron chi connectivity index (χ2n) is 7.45. The summed E-state index contributed by atoms with van der Waals surface area (Å²) in [5, 5.41) is 12.4. The fourth-order valence-electron chi connectivity index (χ4n) is 3.89. The van der Waals surface area contributed by atoms with E-state index in [2.05, 4.69) is 5.32 Å². The number of phenols is 1. The Morgan fingerprint density at radius 3 is 2.59 bits per heavy atom. The first-order valence-corrected chi connectivity index (χ1v) is 9.73. The zero-order valence-electron chi connectivity index (χ0n) is 15.9. The highest BCUT2D eigenvalue weighted by atomic mass is 19.1. The number of nitrogens with one attached hydrogen (secondary N) is 1. The number of benzene rings is 2.